The second kappa shape index (κ2) is 7.71. The Morgan fingerprint density at radius 2 is 1.57 bits per heavy atom. The van der Waals surface area contributed by atoms with E-state index >= 15 is 0 Å². The number of benzene rings is 3. The summed E-state index contributed by atoms with van der Waals surface area (Å²) in [5, 5.41) is 0. The molecule has 0 aromatic heterocycles. The van der Waals surface area contributed by atoms with Crippen molar-refractivity contribution < 1.29 is 17.9 Å². The van der Waals surface area contributed by atoms with Gasteiger partial charge in [0, 0.05) is 17.6 Å². The minimum absolute atomic E-state index is 0.0516. The van der Waals surface area contributed by atoms with Gasteiger partial charge in [0.15, 0.2) is 0 Å². The van der Waals surface area contributed by atoms with Crippen molar-refractivity contribution in [1.29, 1.82) is 0 Å². The van der Waals surface area contributed by atoms with E-state index in [1.54, 1.807) is 0 Å². The predicted octanol–water partition coefficient (Wildman–Crippen LogP) is 6.55. The summed E-state index contributed by atoms with van der Waals surface area (Å²) in [5.41, 5.74) is 3.40. The van der Waals surface area contributed by atoms with Crippen LogP contribution in [0, 0.1) is 0 Å². The molecule has 156 valence electrons. The number of anilines is 1. The average Bonchev–Trinajstić information content (AvgIpc) is 2.98. The van der Waals surface area contributed by atoms with Crippen LogP contribution < -0.4 is 9.64 Å². The highest BCUT2D eigenvalue weighted by Gasteiger charge is 2.35. The van der Waals surface area contributed by atoms with Gasteiger partial charge in [0.2, 0.25) is 0 Å². The van der Waals surface area contributed by atoms with Crippen LogP contribution in [0.3, 0.4) is 0 Å². The highest BCUT2D eigenvalue weighted by Crippen LogP contribution is 2.42. The Bertz CT molecular complexity index is 1010. The number of fused-ring (bicyclic) bond motifs is 1. The van der Waals surface area contributed by atoms with Crippen molar-refractivity contribution in [2.24, 2.45) is 0 Å². The molecule has 3 aromatic rings. The summed E-state index contributed by atoms with van der Waals surface area (Å²) in [4.78, 5) is 2.31. The summed E-state index contributed by atoms with van der Waals surface area (Å²) < 4.78 is 44.4. The van der Waals surface area contributed by atoms with E-state index in [0.29, 0.717) is 6.61 Å². The minimum Gasteiger partial charge on any atom is -0.492 e. The Labute approximate surface area is 174 Å². The monoisotopic (exact) mass is 411 g/mol. The molecule has 0 fully saturated rings. The van der Waals surface area contributed by atoms with Crippen molar-refractivity contribution in [1.82, 2.24) is 0 Å². The van der Waals surface area contributed by atoms with E-state index < -0.39 is 11.7 Å². The fourth-order valence-electron chi connectivity index (χ4n) is 4.02. The van der Waals surface area contributed by atoms with Gasteiger partial charge in [0.1, 0.15) is 12.4 Å². The van der Waals surface area contributed by atoms with E-state index in [2.05, 4.69) is 30.9 Å². The van der Waals surface area contributed by atoms with Gasteiger partial charge < -0.3 is 9.64 Å². The van der Waals surface area contributed by atoms with E-state index in [0.717, 1.165) is 47.8 Å². The van der Waals surface area contributed by atoms with Gasteiger partial charge in [-0.2, -0.15) is 13.2 Å². The number of hydrogen-bond acceptors (Lipinski definition) is 2. The molecular weight excluding hydrogens is 387 g/mol. The molecule has 1 aliphatic rings. The summed E-state index contributed by atoms with van der Waals surface area (Å²) in [6.07, 6.45) is -4.32. The Morgan fingerprint density at radius 3 is 2.23 bits per heavy atom. The standard InChI is InChI=1S/C25H24F3NO/c1-24(2)17-29(14-15-30-21-6-4-3-5-7-21)23-13-10-19(16-22(23)24)18-8-11-20(12-9-18)25(26,27)28/h3-13,16H,14-15,17H2,1-2H3. The molecule has 0 spiro atoms. The molecule has 0 radical (unpaired) electrons. The Hall–Kier alpha value is -2.95. The maximum atomic E-state index is 12.8. The van der Waals surface area contributed by atoms with Crippen molar-refractivity contribution in [3.8, 4) is 16.9 Å². The van der Waals surface area contributed by atoms with Gasteiger partial charge in [-0.15, -0.1) is 0 Å². The number of rotatable bonds is 5. The summed E-state index contributed by atoms with van der Waals surface area (Å²) in [6.45, 7) is 6.61. The molecule has 0 saturated carbocycles. The Balaban J connectivity index is 1.52. The van der Waals surface area contributed by atoms with E-state index in [9.17, 15) is 13.2 Å². The molecule has 0 unspecified atom stereocenters. The van der Waals surface area contributed by atoms with Gasteiger partial charge in [-0.25, -0.2) is 0 Å². The van der Waals surface area contributed by atoms with Gasteiger partial charge in [-0.3, -0.25) is 0 Å². The smallest absolute Gasteiger partial charge is 0.416 e. The van der Waals surface area contributed by atoms with Crippen molar-refractivity contribution in [3.05, 3.63) is 83.9 Å². The van der Waals surface area contributed by atoms with Gasteiger partial charge in [0.25, 0.3) is 0 Å². The summed E-state index contributed by atoms with van der Waals surface area (Å²) >= 11 is 0. The first-order chi connectivity index (χ1) is 14.2. The fourth-order valence-corrected chi connectivity index (χ4v) is 4.02. The third-order valence-electron chi connectivity index (χ3n) is 5.57. The zero-order valence-electron chi connectivity index (χ0n) is 17.0. The van der Waals surface area contributed by atoms with Crippen molar-refractivity contribution in [2.45, 2.75) is 25.4 Å². The first-order valence-corrected chi connectivity index (χ1v) is 9.99. The highest BCUT2D eigenvalue weighted by atomic mass is 19.4. The van der Waals surface area contributed by atoms with Crippen LogP contribution in [0.5, 0.6) is 5.75 Å². The molecule has 2 nitrogen and oxygen atoms in total. The van der Waals surface area contributed by atoms with Crippen molar-refractivity contribution in [2.75, 3.05) is 24.6 Å². The van der Waals surface area contributed by atoms with Crippen molar-refractivity contribution in [3.63, 3.8) is 0 Å². The SMILES string of the molecule is CC1(C)CN(CCOc2ccccc2)c2ccc(-c3ccc(C(F)(F)F)cc3)cc21. The fraction of sp³-hybridized carbons (Fsp3) is 0.280. The second-order valence-electron chi connectivity index (χ2n) is 8.27. The number of nitrogens with zero attached hydrogens (tertiary/aromatic N) is 1. The second-order valence-corrected chi connectivity index (χ2v) is 8.27. The molecule has 0 aliphatic carbocycles. The number of para-hydroxylation sites is 1. The normalized spacial score (nSPS) is 15.2. The topological polar surface area (TPSA) is 12.5 Å². The van der Waals surface area contributed by atoms with Gasteiger partial charge in [-0.1, -0.05) is 50.2 Å². The highest BCUT2D eigenvalue weighted by molar-refractivity contribution is 5.72. The molecule has 0 atom stereocenters. The summed E-state index contributed by atoms with van der Waals surface area (Å²) in [5.74, 6) is 0.855. The predicted molar refractivity (Wildman–Crippen MR) is 114 cm³/mol. The zero-order valence-corrected chi connectivity index (χ0v) is 17.0. The third-order valence-corrected chi connectivity index (χ3v) is 5.57. The molecule has 0 N–H and O–H groups in total. The molecule has 0 amide bonds. The molecule has 30 heavy (non-hydrogen) atoms. The van der Waals surface area contributed by atoms with E-state index in [1.165, 1.54) is 17.7 Å². The van der Waals surface area contributed by atoms with E-state index in [-0.39, 0.29) is 5.41 Å². The number of halogens is 3. The molecule has 1 aliphatic heterocycles. The largest absolute Gasteiger partial charge is 0.492 e. The zero-order chi connectivity index (χ0) is 21.4. The first-order valence-electron chi connectivity index (χ1n) is 9.99. The molecule has 1 heterocycles. The number of ether oxygens (including phenoxy) is 1. The molecule has 5 heteroatoms. The van der Waals surface area contributed by atoms with Crippen LogP contribution in [-0.2, 0) is 11.6 Å². The van der Waals surface area contributed by atoms with Crippen molar-refractivity contribution >= 4 is 5.69 Å². The summed E-state index contributed by atoms with van der Waals surface area (Å²) in [7, 11) is 0. The Morgan fingerprint density at radius 1 is 0.900 bits per heavy atom. The van der Waals surface area contributed by atoms with Crippen LogP contribution in [0.4, 0.5) is 18.9 Å². The lowest BCUT2D eigenvalue weighted by Crippen LogP contribution is -2.31. The van der Waals surface area contributed by atoms with Gasteiger partial charge >= 0.3 is 6.18 Å². The number of alkyl halides is 3. The van der Waals surface area contributed by atoms with Crippen LogP contribution in [-0.4, -0.2) is 19.7 Å². The molecule has 0 bridgehead atoms. The Kier molecular flexibility index (Phi) is 5.22. The van der Waals surface area contributed by atoms with Crippen LogP contribution >= 0.6 is 0 Å². The lowest BCUT2D eigenvalue weighted by Gasteiger charge is -2.22. The van der Waals surface area contributed by atoms with Crippen LogP contribution in [0.1, 0.15) is 25.0 Å². The molecule has 4 rings (SSSR count). The molecular formula is C25H24F3NO. The maximum Gasteiger partial charge on any atom is 0.416 e. The number of hydrogen-bond donors (Lipinski definition) is 0. The van der Waals surface area contributed by atoms with E-state index in [4.69, 9.17) is 4.74 Å². The third kappa shape index (κ3) is 4.16. The van der Waals surface area contributed by atoms with E-state index in [1.807, 2.05) is 36.4 Å². The van der Waals surface area contributed by atoms with Gasteiger partial charge in [-0.05, 0) is 53.1 Å². The summed E-state index contributed by atoms with van der Waals surface area (Å²) in [6, 6.07) is 21.3. The van der Waals surface area contributed by atoms with Gasteiger partial charge in [0.05, 0.1) is 12.1 Å². The maximum absolute atomic E-state index is 12.8. The molecule has 0 saturated heterocycles. The lowest BCUT2D eigenvalue weighted by atomic mass is 9.85. The average molecular weight is 411 g/mol. The van der Waals surface area contributed by atoms with Crippen LogP contribution in [0.15, 0.2) is 72.8 Å². The quantitative estimate of drug-likeness (QED) is 0.472. The minimum atomic E-state index is -4.32. The lowest BCUT2D eigenvalue weighted by molar-refractivity contribution is -0.137. The van der Waals surface area contributed by atoms with Crippen LogP contribution in [0.25, 0.3) is 11.1 Å². The first kappa shape index (κ1) is 20.3. The van der Waals surface area contributed by atoms with Crippen LogP contribution in [0.2, 0.25) is 0 Å². The molecule has 3 aromatic carbocycles.